The number of piperazine rings is 1. The van der Waals surface area contributed by atoms with Gasteiger partial charge in [-0.05, 0) is 57.4 Å². The minimum absolute atomic E-state index is 0.129. The zero-order valence-corrected chi connectivity index (χ0v) is 12.5. The molecular weight excluding hydrogens is 250 g/mol. The van der Waals surface area contributed by atoms with Crippen LogP contribution in [0.5, 0.6) is 0 Å². The van der Waals surface area contributed by atoms with Crippen LogP contribution < -0.4 is 5.73 Å². The molecule has 2 aliphatic carbocycles. The molecular formula is C16H27N3O. The van der Waals surface area contributed by atoms with Crippen LogP contribution in [0.3, 0.4) is 0 Å². The van der Waals surface area contributed by atoms with Gasteiger partial charge in [-0.2, -0.15) is 0 Å². The molecule has 4 heteroatoms. The molecule has 4 rings (SSSR count). The normalized spacial score (nSPS) is 47.8. The first-order valence-electron chi connectivity index (χ1n) is 8.45. The van der Waals surface area contributed by atoms with E-state index in [0.29, 0.717) is 29.8 Å². The highest BCUT2D eigenvalue weighted by molar-refractivity contribution is 5.81. The Morgan fingerprint density at radius 3 is 2.70 bits per heavy atom. The molecule has 20 heavy (non-hydrogen) atoms. The summed E-state index contributed by atoms with van der Waals surface area (Å²) in [6.45, 7) is 5.45. The molecule has 0 aromatic rings. The lowest BCUT2D eigenvalue weighted by atomic mass is 9.83. The van der Waals surface area contributed by atoms with Crippen LogP contribution in [0.15, 0.2) is 0 Å². The van der Waals surface area contributed by atoms with Gasteiger partial charge in [-0.25, -0.2) is 0 Å². The van der Waals surface area contributed by atoms with E-state index < -0.39 is 0 Å². The molecule has 2 heterocycles. The minimum Gasteiger partial charge on any atom is -0.337 e. The van der Waals surface area contributed by atoms with Gasteiger partial charge in [-0.15, -0.1) is 0 Å². The number of nitrogens with zero attached hydrogens (tertiary/aromatic N) is 2. The van der Waals surface area contributed by atoms with Crippen LogP contribution in [0.1, 0.15) is 39.0 Å². The van der Waals surface area contributed by atoms with Crippen molar-refractivity contribution in [1.29, 1.82) is 0 Å². The fourth-order valence-corrected chi connectivity index (χ4v) is 5.39. The van der Waals surface area contributed by atoms with E-state index in [2.05, 4.69) is 16.7 Å². The van der Waals surface area contributed by atoms with Crippen LogP contribution in [-0.4, -0.2) is 53.5 Å². The summed E-state index contributed by atoms with van der Waals surface area (Å²) < 4.78 is 0. The number of carbonyl (C=O) groups is 1. The summed E-state index contributed by atoms with van der Waals surface area (Å²) in [7, 11) is 0. The molecule has 2 aliphatic heterocycles. The molecule has 2 saturated carbocycles. The Bertz CT molecular complexity index is 411. The predicted molar refractivity (Wildman–Crippen MR) is 78.1 cm³/mol. The Morgan fingerprint density at radius 1 is 1.15 bits per heavy atom. The molecule has 0 aromatic heterocycles. The Kier molecular flexibility index (Phi) is 3.08. The van der Waals surface area contributed by atoms with Gasteiger partial charge in [0.15, 0.2) is 0 Å². The number of nitrogens with two attached hydrogens (primary N) is 1. The Hall–Kier alpha value is -0.610. The third-order valence-corrected chi connectivity index (χ3v) is 6.49. The molecule has 0 aromatic carbocycles. The van der Waals surface area contributed by atoms with Gasteiger partial charge >= 0.3 is 0 Å². The lowest BCUT2D eigenvalue weighted by Gasteiger charge is -2.44. The van der Waals surface area contributed by atoms with Crippen molar-refractivity contribution in [1.82, 2.24) is 9.80 Å². The zero-order valence-electron chi connectivity index (χ0n) is 12.5. The van der Waals surface area contributed by atoms with Crippen LogP contribution >= 0.6 is 0 Å². The number of hydrogen-bond donors (Lipinski definition) is 1. The molecule has 4 fully saturated rings. The van der Waals surface area contributed by atoms with Gasteiger partial charge in [-0.1, -0.05) is 0 Å². The monoisotopic (exact) mass is 277 g/mol. The van der Waals surface area contributed by atoms with E-state index in [1.54, 1.807) is 0 Å². The van der Waals surface area contributed by atoms with Crippen LogP contribution in [0, 0.1) is 17.8 Å². The molecule has 2 saturated heterocycles. The van der Waals surface area contributed by atoms with E-state index in [4.69, 9.17) is 5.73 Å². The van der Waals surface area contributed by atoms with Crippen LogP contribution in [0.2, 0.25) is 0 Å². The highest BCUT2D eigenvalue weighted by Crippen LogP contribution is 2.48. The summed E-state index contributed by atoms with van der Waals surface area (Å²) in [5.74, 6) is 1.71. The Labute approximate surface area is 121 Å². The van der Waals surface area contributed by atoms with E-state index in [1.807, 2.05) is 0 Å². The molecule has 2 N–H and O–H groups in total. The topological polar surface area (TPSA) is 49.6 Å². The first-order valence-corrected chi connectivity index (χ1v) is 8.45. The van der Waals surface area contributed by atoms with Crippen molar-refractivity contribution in [2.45, 2.75) is 57.2 Å². The third kappa shape index (κ3) is 1.84. The lowest BCUT2D eigenvalue weighted by molar-refractivity contribution is -0.143. The highest BCUT2D eigenvalue weighted by atomic mass is 16.2. The third-order valence-electron chi connectivity index (χ3n) is 6.49. The fraction of sp³-hybridized carbons (Fsp3) is 0.938. The second kappa shape index (κ2) is 4.70. The first kappa shape index (κ1) is 13.1. The van der Waals surface area contributed by atoms with Gasteiger partial charge in [0.2, 0.25) is 5.91 Å². The summed E-state index contributed by atoms with van der Waals surface area (Å²) in [5, 5.41) is 0. The summed E-state index contributed by atoms with van der Waals surface area (Å²) in [4.78, 5) is 17.8. The summed E-state index contributed by atoms with van der Waals surface area (Å²) in [6.07, 6.45) is 6.25. The van der Waals surface area contributed by atoms with Crippen molar-refractivity contribution in [3.63, 3.8) is 0 Å². The van der Waals surface area contributed by atoms with Crippen molar-refractivity contribution in [2.24, 2.45) is 23.5 Å². The standard InChI is InChI=1S/C16H27N3O/c1-10-8-18-6-2-3-13(18)9-19(10)16(20)14-11-4-5-12(7-11)15(14)17/h10-15H,2-9,17H2,1H3. The van der Waals surface area contributed by atoms with Crippen LogP contribution in [-0.2, 0) is 4.79 Å². The molecule has 4 aliphatic rings. The number of carbonyl (C=O) groups excluding carboxylic acids is 1. The Balaban J connectivity index is 1.50. The molecule has 2 bridgehead atoms. The van der Waals surface area contributed by atoms with E-state index in [0.717, 1.165) is 13.1 Å². The average Bonchev–Trinajstić information content (AvgIpc) is 3.11. The maximum atomic E-state index is 13.0. The van der Waals surface area contributed by atoms with Gasteiger partial charge in [0.05, 0.1) is 5.92 Å². The maximum absolute atomic E-state index is 13.0. The van der Waals surface area contributed by atoms with Crippen molar-refractivity contribution in [3.8, 4) is 0 Å². The predicted octanol–water partition coefficient (Wildman–Crippen LogP) is 1.05. The lowest BCUT2D eigenvalue weighted by Crippen LogP contribution is -2.59. The Morgan fingerprint density at radius 2 is 1.95 bits per heavy atom. The van der Waals surface area contributed by atoms with Gasteiger partial charge in [0.25, 0.3) is 0 Å². The van der Waals surface area contributed by atoms with Crippen molar-refractivity contribution in [2.75, 3.05) is 19.6 Å². The second-order valence-electron chi connectivity index (χ2n) is 7.57. The highest BCUT2D eigenvalue weighted by Gasteiger charge is 2.51. The van der Waals surface area contributed by atoms with Gasteiger partial charge < -0.3 is 10.6 Å². The smallest absolute Gasteiger partial charge is 0.227 e. The van der Waals surface area contributed by atoms with E-state index in [-0.39, 0.29) is 12.0 Å². The van der Waals surface area contributed by atoms with Crippen molar-refractivity contribution in [3.05, 3.63) is 0 Å². The number of fused-ring (bicyclic) bond motifs is 3. The van der Waals surface area contributed by atoms with E-state index in [1.165, 1.54) is 38.6 Å². The van der Waals surface area contributed by atoms with Gasteiger partial charge in [-0.3, -0.25) is 9.69 Å². The minimum atomic E-state index is 0.129. The van der Waals surface area contributed by atoms with Crippen LogP contribution in [0.25, 0.3) is 0 Å². The SMILES string of the molecule is CC1CN2CCCC2CN1C(=O)C1C2CCC(C2)C1N. The van der Waals surface area contributed by atoms with Crippen LogP contribution in [0.4, 0.5) is 0 Å². The second-order valence-corrected chi connectivity index (χ2v) is 7.57. The van der Waals surface area contributed by atoms with E-state index in [9.17, 15) is 4.79 Å². The maximum Gasteiger partial charge on any atom is 0.227 e. The molecule has 6 unspecified atom stereocenters. The first-order chi connectivity index (χ1) is 9.65. The van der Waals surface area contributed by atoms with Gasteiger partial charge in [0, 0.05) is 31.2 Å². The molecule has 0 radical (unpaired) electrons. The summed E-state index contributed by atoms with van der Waals surface area (Å²) >= 11 is 0. The molecule has 4 nitrogen and oxygen atoms in total. The molecule has 1 amide bonds. The summed E-state index contributed by atoms with van der Waals surface area (Å²) in [6, 6.07) is 1.11. The summed E-state index contributed by atoms with van der Waals surface area (Å²) in [5.41, 5.74) is 6.37. The molecule has 6 atom stereocenters. The van der Waals surface area contributed by atoms with Crippen molar-refractivity contribution < 1.29 is 4.79 Å². The number of hydrogen-bond acceptors (Lipinski definition) is 3. The quantitative estimate of drug-likeness (QED) is 0.779. The zero-order chi connectivity index (χ0) is 13.9. The molecule has 112 valence electrons. The van der Waals surface area contributed by atoms with E-state index >= 15 is 0 Å². The molecule has 0 spiro atoms. The number of amides is 1. The number of rotatable bonds is 1. The largest absolute Gasteiger partial charge is 0.337 e. The fourth-order valence-electron chi connectivity index (χ4n) is 5.39. The van der Waals surface area contributed by atoms with Gasteiger partial charge in [0.1, 0.15) is 0 Å². The average molecular weight is 277 g/mol. The van der Waals surface area contributed by atoms with Crippen molar-refractivity contribution >= 4 is 5.91 Å².